The molecule has 3 nitrogen and oxygen atoms in total. The van der Waals surface area contributed by atoms with E-state index >= 15 is 0 Å². The van der Waals surface area contributed by atoms with Gasteiger partial charge in [0.2, 0.25) is 0 Å². The van der Waals surface area contributed by atoms with Gasteiger partial charge in [-0.15, -0.1) is 0 Å². The third-order valence-corrected chi connectivity index (χ3v) is 4.59. The molecule has 0 bridgehead atoms. The van der Waals surface area contributed by atoms with E-state index in [1.165, 1.54) is 58.0 Å². The standard InChI is InChI=1S/C14H26N2O/c1-2-3-13-6-9-15-14(17-13)7-10-16(11-8-14)12-4-5-12/h12-13,15H,2-11H2,1H3. The van der Waals surface area contributed by atoms with Gasteiger partial charge < -0.3 is 9.64 Å². The van der Waals surface area contributed by atoms with Crippen LogP contribution in [-0.4, -0.2) is 42.4 Å². The summed E-state index contributed by atoms with van der Waals surface area (Å²) in [5, 5.41) is 3.65. The van der Waals surface area contributed by atoms with E-state index in [1.54, 1.807) is 0 Å². The quantitative estimate of drug-likeness (QED) is 0.815. The Labute approximate surface area is 105 Å². The third-order valence-electron chi connectivity index (χ3n) is 4.59. The molecule has 0 amide bonds. The molecular weight excluding hydrogens is 212 g/mol. The van der Waals surface area contributed by atoms with Crippen LogP contribution in [-0.2, 0) is 4.74 Å². The molecule has 2 heterocycles. The van der Waals surface area contributed by atoms with Crippen molar-refractivity contribution < 1.29 is 4.74 Å². The highest BCUT2D eigenvalue weighted by Crippen LogP contribution is 2.35. The lowest BCUT2D eigenvalue weighted by Crippen LogP contribution is -2.60. The van der Waals surface area contributed by atoms with E-state index < -0.39 is 0 Å². The molecule has 0 aromatic heterocycles. The molecule has 2 saturated heterocycles. The molecule has 3 heteroatoms. The van der Waals surface area contributed by atoms with Crippen LogP contribution >= 0.6 is 0 Å². The maximum atomic E-state index is 6.37. The van der Waals surface area contributed by atoms with Crippen molar-refractivity contribution in [3.05, 3.63) is 0 Å². The van der Waals surface area contributed by atoms with Crippen LogP contribution in [0.15, 0.2) is 0 Å². The van der Waals surface area contributed by atoms with Crippen LogP contribution in [0.25, 0.3) is 0 Å². The fourth-order valence-corrected chi connectivity index (χ4v) is 3.39. The van der Waals surface area contributed by atoms with Crippen molar-refractivity contribution >= 4 is 0 Å². The summed E-state index contributed by atoms with van der Waals surface area (Å²) in [7, 11) is 0. The molecule has 0 aromatic rings. The van der Waals surface area contributed by atoms with E-state index in [0.717, 1.165) is 12.6 Å². The number of piperidine rings is 1. The second-order valence-electron chi connectivity index (χ2n) is 6.01. The monoisotopic (exact) mass is 238 g/mol. The average Bonchev–Trinajstić information content (AvgIpc) is 3.15. The van der Waals surface area contributed by atoms with Gasteiger partial charge in [-0.05, 0) is 25.7 Å². The highest BCUT2D eigenvalue weighted by molar-refractivity contribution is 4.94. The van der Waals surface area contributed by atoms with Gasteiger partial charge in [-0.25, -0.2) is 0 Å². The van der Waals surface area contributed by atoms with E-state index in [9.17, 15) is 0 Å². The first-order chi connectivity index (χ1) is 8.31. The van der Waals surface area contributed by atoms with E-state index in [4.69, 9.17) is 4.74 Å². The first-order valence-electron chi connectivity index (χ1n) is 7.48. The van der Waals surface area contributed by atoms with Gasteiger partial charge in [0, 0.05) is 38.5 Å². The summed E-state index contributed by atoms with van der Waals surface area (Å²) in [6.07, 6.45) is 9.41. The van der Waals surface area contributed by atoms with Gasteiger partial charge in [0.15, 0.2) is 0 Å². The Kier molecular flexibility index (Phi) is 3.42. The second-order valence-corrected chi connectivity index (χ2v) is 6.01. The first-order valence-corrected chi connectivity index (χ1v) is 7.48. The Morgan fingerprint density at radius 1 is 1.24 bits per heavy atom. The van der Waals surface area contributed by atoms with Gasteiger partial charge in [-0.3, -0.25) is 5.32 Å². The Balaban J connectivity index is 1.54. The number of hydrogen-bond donors (Lipinski definition) is 1. The lowest BCUT2D eigenvalue weighted by Gasteiger charge is -2.47. The molecule has 3 fully saturated rings. The maximum Gasteiger partial charge on any atom is 0.122 e. The van der Waals surface area contributed by atoms with Crippen LogP contribution in [0.4, 0.5) is 0 Å². The van der Waals surface area contributed by atoms with Crippen LogP contribution in [0, 0.1) is 0 Å². The van der Waals surface area contributed by atoms with Gasteiger partial charge in [-0.2, -0.15) is 0 Å². The predicted octanol–water partition coefficient (Wildman–Crippen LogP) is 2.12. The van der Waals surface area contributed by atoms with Gasteiger partial charge >= 0.3 is 0 Å². The molecule has 17 heavy (non-hydrogen) atoms. The molecule has 1 aliphatic carbocycles. The minimum absolute atomic E-state index is 0.0312. The van der Waals surface area contributed by atoms with Crippen LogP contribution < -0.4 is 5.32 Å². The summed E-state index contributed by atoms with van der Waals surface area (Å²) in [5.41, 5.74) is 0.0312. The van der Waals surface area contributed by atoms with Crippen molar-refractivity contribution in [3.8, 4) is 0 Å². The van der Waals surface area contributed by atoms with Crippen LogP contribution in [0.3, 0.4) is 0 Å². The summed E-state index contributed by atoms with van der Waals surface area (Å²) in [6, 6.07) is 0.919. The summed E-state index contributed by atoms with van der Waals surface area (Å²) in [5.74, 6) is 0. The lowest BCUT2D eigenvalue weighted by atomic mass is 9.96. The van der Waals surface area contributed by atoms with Crippen LogP contribution in [0.5, 0.6) is 0 Å². The topological polar surface area (TPSA) is 24.5 Å². The van der Waals surface area contributed by atoms with Gasteiger partial charge in [0.1, 0.15) is 5.72 Å². The Morgan fingerprint density at radius 3 is 2.65 bits per heavy atom. The highest BCUT2D eigenvalue weighted by Gasteiger charge is 2.42. The Morgan fingerprint density at radius 2 is 2.00 bits per heavy atom. The number of rotatable bonds is 3. The van der Waals surface area contributed by atoms with Gasteiger partial charge in [0.05, 0.1) is 6.10 Å². The number of ether oxygens (including phenoxy) is 1. The Hall–Kier alpha value is -0.120. The molecule has 1 spiro atoms. The summed E-state index contributed by atoms with van der Waals surface area (Å²) in [6.45, 7) is 5.87. The molecule has 0 aromatic carbocycles. The lowest BCUT2D eigenvalue weighted by molar-refractivity contribution is -0.168. The fourth-order valence-electron chi connectivity index (χ4n) is 3.39. The largest absolute Gasteiger partial charge is 0.357 e. The minimum Gasteiger partial charge on any atom is -0.357 e. The summed E-state index contributed by atoms with van der Waals surface area (Å²) >= 11 is 0. The summed E-state index contributed by atoms with van der Waals surface area (Å²) in [4.78, 5) is 2.67. The van der Waals surface area contributed by atoms with E-state index in [-0.39, 0.29) is 5.72 Å². The van der Waals surface area contributed by atoms with Crippen molar-refractivity contribution in [2.75, 3.05) is 19.6 Å². The number of hydrogen-bond acceptors (Lipinski definition) is 3. The van der Waals surface area contributed by atoms with Crippen molar-refractivity contribution in [1.29, 1.82) is 0 Å². The van der Waals surface area contributed by atoms with Crippen molar-refractivity contribution in [2.45, 2.75) is 69.7 Å². The smallest absolute Gasteiger partial charge is 0.122 e. The number of nitrogens with zero attached hydrogens (tertiary/aromatic N) is 1. The average molecular weight is 238 g/mol. The SMILES string of the molecule is CCCC1CCNC2(CCN(C3CC3)CC2)O1. The van der Waals surface area contributed by atoms with Gasteiger partial charge in [0.25, 0.3) is 0 Å². The molecular formula is C14H26N2O. The van der Waals surface area contributed by atoms with Crippen LogP contribution in [0.1, 0.15) is 51.9 Å². The zero-order valence-electron chi connectivity index (χ0n) is 11.1. The van der Waals surface area contributed by atoms with Crippen LogP contribution in [0.2, 0.25) is 0 Å². The Bertz CT molecular complexity index is 255. The zero-order chi connectivity index (χ0) is 11.7. The maximum absolute atomic E-state index is 6.37. The third kappa shape index (κ3) is 2.67. The summed E-state index contributed by atoms with van der Waals surface area (Å²) < 4.78 is 6.37. The predicted molar refractivity (Wildman–Crippen MR) is 69.0 cm³/mol. The minimum atomic E-state index is 0.0312. The molecule has 1 saturated carbocycles. The van der Waals surface area contributed by atoms with Crippen molar-refractivity contribution in [2.24, 2.45) is 0 Å². The van der Waals surface area contributed by atoms with E-state index in [2.05, 4.69) is 17.1 Å². The fraction of sp³-hybridized carbons (Fsp3) is 1.00. The highest BCUT2D eigenvalue weighted by atomic mass is 16.5. The normalized spacial score (nSPS) is 34.1. The number of likely N-dealkylation sites (tertiary alicyclic amines) is 1. The molecule has 2 aliphatic heterocycles. The molecule has 98 valence electrons. The van der Waals surface area contributed by atoms with Crippen molar-refractivity contribution in [1.82, 2.24) is 10.2 Å². The zero-order valence-corrected chi connectivity index (χ0v) is 11.1. The van der Waals surface area contributed by atoms with E-state index in [0.29, 0.717) is 6.10 Å². The van der Waals surface area contributed by atoms with E-state index in [1.807, 2.05) is 0 Å². The molecule has 1 unspecified atom stereocenters. The van der Waals surface area contributed by atoms with Crippen molar-refractivity contribution in [3.63, 3.8) is 0 Å². The molecule has 3 rings (SSSR count). The number of nitrogens with one attached hydrogen (secondary N) is 1. The molecule has 3 aliphatic rings. The molecule has 1 N–H and O–H groups in total. The second kappa shape index (κ2) is 4.87. The molecule has 0 radical (unpaired) electrons. The molecule has 1 atom stereocenters. The first kappa shape index (κ1) is 11.9. The van der Waals surface area contributed by atoms with Gasteiger partial charge in [-0.1, -0.05) is 13.3 Å².